The molecule has 0 spiro atoms. The molecular formula is C20H17F3N4O2. The third-order valence-electron chi connectivity index (χ3n) is 4.76. The summed E-state index contributed by atoms with van der Waals surface area (Å²) in [6.07, 6.45) is -1.87. The van der Waals surface area contributed by atoms with Gasteiger partial charge in [0, 0.05) is 23.9 Å². The van der Waals surface area contributed by atoms with E-state index in [0.717, 1.165) is 16.0 Å². The van der Waals surface area contributed by atoms with Gasteiger partial charge in [0.2, 0.25) is 0 Å². The zero-order valence-electron chi connectivity index (χ0n) is 15.5. The fourth-order valence-electron chi connectivity index (χ4n) is 3.45. The van der Waals surface area contributed by atoms with E-state index in [0.29, 0.717) is 24.5 Å². The summed E-state index contributed by atoms with van der Waals surface area (Å²) in [5, 5.41) is 7.71. The Hall–Kier alpha value is -3.07. The van der Waals surface area contributed by atoms with E-state index in [1.54, 1.807) is 0 Å². The van der Waals surface area contributed by atoms with Crippen molar-refractivity contribution in [2.45, 2.75) is 25.7 Å². The van der Waals surface area contributed by atoms with Gasteiger partial charge in [0.05, 0.1) is 29.8 Å². The molecule has 29 heavy (non-hydrogen) atoms. The molecule has 1 aromatic carbocycles. The van der Waals surface area contributed by atoms with E-state index >= 15 is 0 Å². The number of carbonyl (C=O) groups is 1. The van der Waals surface area contributed by atoms with E-state index < -0.39 is 24.7 Å². The molecule has 0 N–H and O–H groups in total. The molecule has 0 saturated carbocycles. The Morgan fingerprint density at radius 2 is 2.03 bits per heavy atom. The molecule has 1 amide bonds. The standard InChI is InChI=1S/C20H17F3N4O2/c1-2-29-10-12-5-3-4-6-13(12)16-7-17-14(8-24-16)18-15(9-25-26-18)19(28)27(17)11-20(21,22)23/h3-9,18H,2,10-11H2,1H3. The average molecular weight is 402 g/mol. The summed E-state index contributed by atoms with van der Waals surface area (Å²) in [5.74, 6) is -0.746. The van der Waals surface area contributed by atoms with Gasteiger partial charge in [-0.25, -0.2) is 0 Å². The summed E-state index contributed by atoms with van der Waals surface area (Å²) in [5.41, 5.74) is 2.73. The van der Waals surface area contributed by atoms with Crippen molar-refractivity contribution in [1.82, 2.24) is 4.98 Å². The number of halogens is 3. The predicted molar refractivity (Wildman–Crippen MR) is 99.1 cm³/mol. The maximum atomic E-state index is 13.2. The van der Waals surface area contributed by atoms with Crippen molar-refractivity contribution in [3.8, 4) is 11.3 Å². The molecule has 2 aliphatic rings. The monoisotopic (exact) mass is 402 g/mol. The molecule has 2 aliphatic heterocycles. The molecule has 2 aromatic rings. The normalized spacial score (nSPS) is 17.9. The molecule has 3 heterocycles. The summed E-state index contributed by atoms with van der Waals surface area (Å²) in [4.78, 5) is 17.9. The lowest BCUT2D eigenvalue weighted by Crippen LogP contribution is -2.43. The highest BCUT2D eigenvalue weighted by atomic mass is 19.4. The number of amides is 1. The first-order chi connectivity index (χ1) is 13.9. The minimum absolute atomic E-state index is 0.119. The number of rotatable bonds is 5. The number of ether oxygens (including phenoxy) is 1. The molecule has 0 radical (unpaired) electrons. The minimum Gasteiger partial charge on any atom is -0.377 e. The molecule has 9 heteroatoms. The van der Waals surface area contributed by atoms with Gasteiger partial charge in [-0.1, -0.05) is 24.3 Å². The number of carbonyl (C=O) groups excluding carboxylic acids is 1. The van der Waals surface area contributed by atoms with Crippen LogP contribution in [-0.2, 0) is 16.1 Å². The van der Waals surface area contributed by atoms with Crippen LogP contribution < -0.4 is 4.90 Å². The molecule has 0 fully saturated rings. The Balaban J connectivity index is 1.82. The maximum absolute atomic E-state index is 13.2. The molecule has 0 aliphatic carbocycles. The fraction of sp³-hybridized carbons (Fsp3) is 0.300. The van der Waals surface area contributed by atoms with Gasteiger partial charge in [-0.15, -0.1) is 0 Å². The van der Waals surface area contributed by atoms with Crippen LogP contribution in [0.1, 0.15) is 24.1 Å². The van der Waals surface area contributed by atoms with Crippen molar-refractivity contribution in [1.29, 1.82) is 0 Å². The first kappa shape index (κ1) is 19.3. The first-order valence-electron chi connectivity index (χ1n) is 9.03. The molecule has 1 unspecified atom stereocenters. The van der Waals surface area contributed by atoms with E-state index in [1.165, 1.54) is 18.5 Å². The van der Waals surface area contributed by atoms with Crippen molar-refractivity contribution in [3.05, 3.63) is 59.4 Å². The van der Waals surface area contributed by atoms with Crippen molar-refractivity contribution in [3.63, 3.8) is 0 Å². The minimum atomic E-state index is -4.55. The third-order valence-corrected chi connectivity index (χ3v) is 4.76. The lowest BCUT2D eigenvalue weighted by Gasteiger charge is -2.33. The first-order valence-corrected chi connectivity index (χ1v) is 9.03. The number of fused-ring (bicyclic) bond motifs is 3. The quantitative estimate of drug-likeness (QED) is 0.735. The number of alkyl halides is 3. The van der Waals surface area contributed by atoms with Crippen LogP contribution in [0.4, 0.5) is 18.9 Å². The highest BCUT2D eigenvalue weighted by Gasteiger charge is 2.43. The van der Waals surface area contributed by atoms with Gasteiger partial charge in [0.25, 0.3) is 5.91 Å². The van der Waals surface area contributed by atoms with Gasteiger partial charge in [0.1, 0.15) is 12.6 Å². The van der Waals surface area contributed by atoms with Crippen LogP contribution in [-0.4, -0.2) is 30.2 Å². The zero-order chi connectivity index (χ0) is 20.6. The van der Waals surface area contributed by atoms with E-state index in [-0.39, 0.29) is 11.3 Å². The Bertz CT molecular complexity index is 1020. The van der Waals surface area contributed by atoms with Crippen LogP contribution >= 0.6 is 0 Å². The zero-order valence-corrected chi connectivity index (χ0v) is 15.5. The molecule has 1 aromatic heterocycles. The molecule has 6 nitrogen and oxygen atoms in total. The van der Waals surface area contributed by atoms with Crippen LogP contribution in [0.25, 0.3) is 11.3 Å². The summed E-state index contributed by atoms with van der Waals surface area (Å²) in [6.45, 7) is 1.36. The van der Waals surface area contributed by atoms with Crippen LogP contribution in [0.15, 0.2) is 58.5 Å². The number of benzene rings is 1. The summed E-state index contributed by atoms with van der Waals surface area (Å²) in [7, 11) is 0. The lowest BCUT2D eigenvalue weighted by atomic mass is 9.93. The second kappa shape index (κ2) is 7.40. The number of aromatic nitrogens is 1. The molecule has 0 bridgehead atoms. The largest absolute Gasteiger partial charge is 0.406 e. The Morgan fingerprint density at radius 3 is 2.79 bits per heavy atom. The average Bonchev–Trinajstić information content (AvgIpc) is 3.19. The van der Waals surface area contributed by atoms with Crippen LogP contribution in [0, 0.1) is 0 Å². The number of pyridine rings is 1. The van der Waals surface area contributed by atoms with Crippen molar-refractivity contribution in [2.24, 2.45) is 10.2 Å². The second-order valence-electron chi connectivity index (χ2n) is 6.65. The molecule has 4 rings (SSSR count). The van der Waals surface area contributed by atoms with E-state index in [4.69, 9.17) is 4.74 Å². The fourth-order valence-corrected chi connectivity index (χ4v) is 3.45. The van der Waals surface area contributed by atoms with Gasteiger partial charge in [-0.05, 0) is 18.6 Å². The maximum Gasteiger partial charge on any atom is 0.406 e. The summed E-state index contributed by atoms with van der Waals surface area (Å²) >= 11 is 0. The third kappa shape index (κ3) is 3.65. The molecular weight excluding hydrogens is 385 g/mol. The Morgan fingerprint density at radius 1 is 1.24 bits per heavy atom. The van der Waals surface area contributed by atoms with Crippen molar-refractivity contribution >= 4 is 11.6 Å². The number of anilines is 1. The number of hydrogen-bond acceptors (Lipinski definition) is 5. The molecule has 1 atom stereocenters. The highest BCUT2D eigenvalue weighted by Crippen LogP contribution is 2.44. The van der Waals surface area contributed by atoms with Crippen LogP contribution in [0.5, 0.6) is 0 Å². The number of nitrogens with zero attached hydrogens (tertiary/aromatic N) is 4. The van der Waals surface area contributed by atoms with Gasteiger partial charge < -0.3 is 4.74 Å². The number of azo groups is 1. The second-order valence-corrected chi connectivity index (χ2v) is 6.65. The van der Waals surface area contributed by atoms with Gasteiger partial charge in [-0.2, -0.15) is 23.4 Å². The Kier molecular flexibility index (Phi) is 4.91. The highest BCUT2D eigenvalue weighted by molar-refractivity contribution is 6.10. The van der Waals surface area contributed by atoms with E-state index in [9.17, 15) is 18.0 Å². The predicted octanol–water partition coefficient (Wildman–Crippen LogP) is 4.58. The van der Waals surface area contributed by atoms with Crippen molar-refractivity contribution in [2.75, 3.05) is 18.1 Å². The van der Waals surface area contributed by atoms with Crippen LogP contribution in [0.2, 0.25) is 0 Å². The van der Waals surface area contributed by atoms with Crippen LogP contribution in [0.3, 0.4) is 0 Å². The van der Waals surface area contributed by atoms with Crippen molar-refractivity contribution < 1.29 is 22.7 Å². The summed E-state index contributed by atoms with van der Waals surface area (Å²) < 4.78 is 45.0. The molecule has 0 saturated heterocycles. The van der Waals surface area contributed by atoms with E-state index in [2.05, 4.69) is 15.2 Å². The summed E-state index contributed by atoms with van der Waals surface area (Å²) in [6, 6.07) is 8.15. The van der Waals surface area contributed by atoms with Gasteiger partial charge in [-0.3, -0.25) is 14.7 Å². The lowest BCUT2D eigenvalue weighted by molar-refractivity contribution is -0.130. The topological polar surface area (TPSA) is 67.2 Å². The molecule has 150 valence electrons. The smallest absolute Gasteiger partial charge is 0.377 e. The Labute approximate surface area is 164 Å². The van der Waals surface area contributed by atoms with Gasteiger partial charge >= 0.3 is 6.18 Å². The SMILES string of the molecule is CCOCc1ccccc1-c1cc2c(cn1)C1N=NC=C1C(=O)N2CC(F)(F)F. The van der Waals surface area contributed by atoms with Gasteiger partial charge in [0.15, 0.2) is 0 Å². The number of hydrogen-bond donors (Lipinski definition) is 0. The van der Waals surface area contributed by atoms with E-state index in [1.807, 2.05) is 31.2 Å².